The zero-order valence-corrected chi connectivity index (χ0v) is 24.9. The highest BCUT2D eigenvalue weighted by atomic mass is 28.3. The number of carbonyl (C=O) groups is 1. The second-order valence-electron chi connectivity index (χ2n) is 11.8. The molecule has 1 unspecified atom stereocenters. The SMILES string of the molecule is C[Si](C)(C)CCOCn1ccc2c(-c3cnn([C@H](C#N)CC4CCN(C(=O)OCc5ccccc5)C4)c3)ncnc21. The van der Waals surface area contributed by atoms with Crippen molar-refractivity contribution in [3.05, 3.63) is 66.9 Å². The first-order chi connectivity index (χ1) is 19.8. The molecule has 0 spiro atoms. The molecule has 1 aliphatic heterocycles. The van der Waals surface area contributed by atoms with Gasteiger partial charge in [-0.2, -0.15) is 10.4 Å². The van der Waals surface area contributed by atoms with Crippen LogP contribution in [0.1, 0.15) is 24.4 Å². The molecule has 0 radical (unpaired) electrons. The second-order valence-corrected chi connectivity index (χ2v) is 17.4. The van der Waals surface area contributed by atoms with Crippen molar-refractivity contribution in [1.82, 2.24) is 29.2 Å². The van der Waals surface area contributed by atoms with E-state index in [1.54, 1.807) is 22.1 Å². The van der Waals surface area contributed by atoms with E-state index in [-0.39, 0.29) is 18.6 Å². The Morgan fingerprint density at radius 3 is 2.80 bits per heavy atom. The van der Waals surface area contributed by atoms with Gasteiger partial charge in [0.15, 0.2) is 0 Å². The topological polar surface area (TPSA) is 111 Å². The lowest BCUT2D eigenvalue weighted by Gasteiger charge is -2.18. The largest absolute Gasteiger partial charge is 0.445 e. The molecule has 2 atom stereocenters. The number of hydrogen-bond acceptors (Lipinski definition) is 7. The highest BCUT2D eigenvalue weighted by Gasteiger charge is 2.30. The zero-order chi connectivity index (χ0) is 28.8. The Bertz CT molecular complexity index is 1510. The first kappa shape index (κ1) is 28.5. The minimum atomic E-state index is -1.15. The lowest BCUT2D eigenvalue weighted by atomic mass is 10.00. The number of ether oxygens (including phenoxy) is 2. The number of benzene rings is 1. The second kappa shape index (κ2) is 12.7. The lowest BCUT2D eigenvalue weighted by Crippen LogP contribution is -2.29. The molecule has 41 heavy (non-hydrogen) atoms. The van der Waals surface area contributed by atoms with Crippen LogP contribution in [0, 0.1) is 17.2 Å². The summed E-state index contributed by atoms with van der Waals surface area (Å²) in [4.78, 5) is 23.3. The molecule has 4 heterocycles. The van der Waals surface area contributed by atoms with Crippen molar-refractivity contribution in [2.45, 2.75) is 57.9 Å². The smallest absolute Gasteiger partial charge is 0.410 e. The summed E-state index contributed by atoms with van der Waals surface area (Å²) in [5, 5.41) is 15.4. The number of aromatic nitrogens is 5. The lowest BCUT2D eigenvalue weighted by molar-refractivity contribution is 0.0899. The van der Waals surface area contributed by atoms with E-state index in [4.69, 9.17) is 9.47 Å². The van der Waals surface area contributed by atoms with Crippen LogP contribution in [0.2, 0.25) is 25.7 Å². The first-order valence-electron chi connectivity index (χ1n) is 14.1. The van der Waals surface area contributed by atoms with Gasteiger partial charge in [0.25, 0.3) is 0 Å². The average Bonchev–Trinajstić information content (AvgIpc) is 3.73. The summed E-state index contributed by atoms with van der Waals surface area (Å²) in [5.41, 5.74) is 3.36. The van der Waals surface area contributed by atoms with Crippen LogP contribution in [-0.4, -0.2) is 63.1 Å². The molecule has 0 aliphatic carbocycles. The quantitative estimate of drug-likeness (QED) is 0.167. The number of amides is 1. The summed E-state index contributed by atoms with van der Waals surface area (Å²) >= 11 is 0. The van der Waals surface area contributed by atoms with Crippen molar-refractivity contribution in [3.8, 4) is 17.3 Å². The van der Waals surface area contributed by atoms with Gasteiger partial charge in [-0.05, 0) is 36.4 Å². The van der Waals surface area contributed by atoms with E-state index in [0.717, 1.165) is 46.9 Å². The van der Waals surface area contributed by atoms with Gasteiger partial charge >= 0.3 is 6.09 Å². The molecular formula is C30H37N7O3Si. The maximum Gasteiger partial charge on any atom is 0.410 e. The Morgan fingerprint density at radius 1 is 1.20 bits per heavy atom. The van der Waals surface area contributed by atoms with Crippen LogP contribution in [0.4, 0.5) is 4.79 Å². The molecule has 5 rings (SSSR count). The van der Waals surface area contributed by atoms with Crippen LogP contribution in [0.25, 0.3) is 22.3 Å². The normalized spacial score (nSPS) is 16.1. The molecule has 11 heteroatoms. The Morgan fingerprint density at radius 2 is 2.02 bits per heavy atom. The van der Waals surface area contributed by atoms with Crippen molar-refractivity contribution in [1.29, 1.82) is 5.26 Å². The van der Waals surface area contributed by atoms with Crippen molar-refractivity contribution in [2.75, 3.05) is 19.7 Å². The Balaban J connectivity index is 1.19. The summed E-state index contributed by atoms with van der Waals surface area (Å²) in [6.07, 6.45) is 8.26. The Hall–Kier alpha value is -4.01. The molecule has 10 nitrogen and oxygen atoms in total. The van der Waals surface area contributed by atoms with Gasteiger partial charge in [0.1, 0.15) is 31.4 Å². The summed E-state index contributed by atoms with van der Waals surface area (Å²) in [6, 6.07) is 14.7. The molecule has 1 fully saturated rings. The van der Waals surface area contributed by atoms with E-state index in [2.05, 4.69) is 40.8 Å². The zero-order valence-electron chi connectivity index (χ0n) is 23.9. The van der Waals surface area contributed by atoms with Gasteiger partial charge in [0, 0.05) is 51.1 Å². The third-order valence-corrected chi connectivity index (χ3v) is 9.14. The predicted molar refractivity (Wildman–Crippen MR) is 158 cm³/mol. The molecule has 3 aromatic heterocycles. The number of likely N-dealkylation sites (tertiary alicyclic amines) is 1. The number of nitriles is 1. The number of nitrogens with zero attached hydrogens (tertiary/aromatic N) is 7. The van der Waals surface area contributed by atoms with Gasteiger partial charge in [-0.1, -0.05) is 50.0 Å². The van der Waals surface area contributed by atoms with Crippen LogP contribution >= 0.6 is 0 Å². The van der Waals surface area contributed by atoms with Crippen LogP contribution in [0.5, 0.6) is 0 Å². The van der Waals surface area contributed by atoms with Gasteiger partial charge in [0.2, 0.25) is 0 Å². The predicted octanol–water partition coefficient (Wildman–Crippen LogP) is 5.72. The Kier molecular flexibility index (Phi) is 8.80. The minimum Gasteiger partial charge on any atom is -0.445 e. The van der Waals surface area contributed by atoms with E-state index in [1.807, 2.05) is 53.4 Å². The molecule has 0 N–H and O–H groups in total. The number of carbonyl (C=O) groups excluding carboxylic acids is 1. The summed E-state index contributed by atoms with van der Waals surface area (Å²) in [6.45, 7) is 9.64. The van der Waals surface area contributed by atoms with E-state index in [1.165, 1.54) is 0 Å². The molecule has 4 aromatic rings. The summed E-state index contributed by atoms with van der Waals surface area (Å²) < 4.78 is 15.1. The summed E-state index contributed by atoms with van der Waals surface area (Å²) in [5.74, 6) is 0.192. The van der Waals surface area contributed by atoms with Crippen LogP contribution in [-0.2, 0) is 22.8 Å². The number of fused-ring (bicyclic) bond motifs is 1. The molecule has 1 amide bonds. The summed E-state index contributed by atoms with van der Waals surface area (Å²) in [7, 11) is -1.15. The van der Waals surface area contributed by atoms with E-state index < -0.39 is 14.1 Å². The third-order valence-electron chi connectivity index (χ3n) is 7.43. The minimum absolute atomic E-state index is 0.192. The van der Waals surface area contributed by atoms with E-state index in [0.29, 0.717) is 26.2 Å². The average molecular weight is 572 g/mol. The maximum atomic E-state index is 12.6. The van der Waals surface area contributed by atoms with Crippen molar-refractivity contribution >= 4 is 25.2 Å². The van der Waals surface area contributed by atoms with Crippen LogP contribution in [0.3, 0.4) is 0 Å². The van der Waals surface area contributed by atoms with Gasteiger partial charge in [-0.3, -0.25) is 4.68 Å². The molecule has 1 aliphatic rings. The van der Waals surface area contributed by atoms with E-state index in [9.17, 15) is 10.1 Å². The van der Waals surface area contributed by atoms with Crippen LogP contribution < -0.4 is 0 Å². The molecule has 214 valence electrons. The fraction of sp³-hybridized carbons (Fsp3) is 0.433. The van der Waals surface area contributed by atoms with E-state index >= 15 is 0 Å². The molecule has 1 aromatic carbocycles. The van der Waals surface area contributed by atoms with Crippen molar-refractivity contribution < 1.29 is 14.3 Å². The fourth-order valence-electron chi connectivity index (χ4n) is 5.05. The monoisotopic (exact) mass is 571 g/mol. The molecule has 0 saturated carbocycles. The highest BCUT2D eigenvalue weighted by molar-refractivity contribution is 6.76. The molecule has 0 bridgehead atoms. The van der Waals surface area contributed by atoms with Crippen molar-refractivity contribution in [3.63, 3.8) is 0 Å². The highest BCUT2D eigenvalue weighted by Crippen LogP contribution is 2.30. The maximum absolute atomic E-state index is 12.6. The number of rotatable bonds is 11. The first-order valence-corrected chi connectivity index (χ1v) is 17.8. The van der Waals surface area contributed by atoms with Gasteiger partial charge in [0.05, 0.1) is 18.0 Å². The number of hydrogen-bond donors (Lipinski definition) is 0. The van der Waals surface area contributed by atoms with Gasteiger partial charge in [-0.15, -0.1) is 0 Å². The third kappa shape index (κ3) is 7.20. The van der Waals surface area contributed by atoms with Gasteiger partial charge < -0.3 is 18.9 Å². The molecule has 1 saturated heterocycles. The Labute approximate surface area is 241 Å². The van der Waals surface area contributed by atoms with Gasteiger partial charge in [-0.25, -0.2) is 14.8 Å². The fourth-order valence-corrected chi connectivity index (χ4v) is 5.80. The van der Waals surface area contributed by atoms with Crippen molar-refractivity contribution in [2.24, 2.45) is 5.92 Å². The standard InChI is InChI=1S/C30H37N7O3Si/c1-41(2,3)14-13-39-22-36-12-10-27-28(32-21-33-29(27)36)25-17-34-37(19-25)26(16-31)15-24-9-11-35(18-24)30(38)40-20-23-7-5-4-6-8-23/h4-8,10,12,17,19,21,24,26H,9,11,13-15,18,20,22H2,1-3H3/t24?,26-/m0/s1. The van der Waals surface area contributed by atoms with Crippen LogP contribution in [0.15, 0.2) is 61.3 Å². The molecular weight excluding hydrogens is 534 g/mol.